The van der Waals surface area contributed by atoms with E-state index in [-0.39, 0.29) is 17.9 Å². The zero-order valence-corrected chi connectivity index (χ0v) is 19.3. The van der Waals surface area contributed by atoms with Crippen molar-refractivity contribution in [1.29, 1.82) is 0 Å². The molecule has 5 nitrogen and oxygen atoms in total. The molecular weight excluding hydrogens is 438 g/mol. The number of nitrogens with one attached hydrogen (secondary N) is 1. The van der Waals surface area contributed by atoms with E-state index in [0.29, 0.717) is 22.6 Å². The van der Waals surface area contributed by atoms with Crippen LogP contribution in [0.4, 0.5) is 0 Å². The second kappa shape index (κ2) is 8.33. The van der Waals surface area contributed by atoms with E-state index in [4.69, 9.17) is 0 Å². The average molecular weight is 460 g/mol. The van der Waals surface area contributed by atoms with Gasteiger partial charge in [-0.05, 0) is 35.4 Å². The monoisotopic (exact) mass is 459 g/mol. The fourth-order valence-electron chi connectivity index (χ4n) is 3.89. The lowest BCUT2D eigenvalue weighted by Crippen LogP contribution is -2.29. The van der Waals surface area contributed by atoms with Crippen molar-refractivity contribution in [3.05, 3.63) is 86.6 Å². The Morgan fingerprint density at radius 3 is 2.72 bits per heavy atom. The third-order valence-electron chi connectivity index (χ3n) is 5.53. The van der Waals surface area contributed by atoms with E-state index in [1.165, 1.54) is 16.2 Å². The number of fused-ring (bicyclic) bond motifs is 2. The van der Waals surface area contributed by atoms with Gasteiger partial charge in [-0.2, -0.15) is 0 Å². The van der Waals surface area contributed by atoms with Gasteiger partial charge in [-0.15, -0.1) is 22.7 Å². The molecule has 0 atom stereocenters. The molecule has 7 heteroatoms. The summed E-state index contributed by atoms with van der Waals surface area (Å²) in [5.74, 6) is 0.305. The van der Waals surface area contributed by atoms with Gasteiger partial charge in [0, 0.05) is 34.3 Å². The van der Waals surface area contributed by atoms with Crippen LogP contribution < -0.4 is 5.56 Å². The molecule has 0 saturated carbocycles. The van der Waals surface area contributed by atoms with Gasteiger partial charge in [0.2, 0.25) is 5.91 Å². The van der Waals surface area contributed by atoms with Gasteiger partial charge in [0.1, 0.15) is 10.7 Å². The smallest absolute Gasteiger partial charge is 0.260 e. The van der Waals surface area contributed by atoms with Crippen molar-refractivity contribution < 1.29 is 4.79 Å². The molecule has 1 N–H and O–H groups in total. The number of benzene rings is 2. The second-order valence-electron chi connectivity index (χ2n) is 7.82. The molecule has 3 heterocycles. The van der Waals surface area contributed by atoms with Crippen LogP contribution in [0.2, 0.25) is 0 Å². The maximum atomic E-state index is 12.9. The minimum Gasteiger partial charge on any atom is -0.341 e. The van der Waals surface area contributed by atoms with Crippen LogP contribution in [-0.4, -0.2) is 27.8 Å². The Hall–Kier alpha value is -3.29. The highest BCUT2D eigenvalue weighted by atomic mass is 32.1. The van der Waals surface area contributed by atoms with Crippen molar-refractivity contribution >= 4 is 49.6 Å². The Morgan fingerprint density at radius 1 is 1.09 bits per heavy atom. The summed E-state index contributed by atoms with van der Waals surface area (Å²) in [5, 5.41) is 4.85. The lowest BCUT2D eigenvalue weighted by Gasteiger charge is -2.18. The van der Waals surface area contributed by atoms with Crippen LogP contribution in [0.5, 0.6) is 0 Å². The molecule has 1 amide bonds. The molecule has 0 aliphatic heterocycles. The average Bonchev–Trinajstić information content (AvgIpc) is 3.40. The number of aromatic nitrogens is 2. The number of aromatic amines is 1. The maximum absolute atomic E-state index is 12.9. The van der Waals surface area contributed by atoms with E-state index in [1.807, 2.05) is 48.7 Å². The molecule has 0 unspecified atom stereocenters. The minimum absolute atomic E-state index is 0.0534. The van der Waals surface area contributed by atoms with Crippen LogP contribution >= 0.6 is 22.7 Å². The Labute approximate surface area is 193 Å². The lowest BCUT2D eigenvalue weighted by molar-refractivity contribution is -0.129. The highest BCUT2D eigenvalue weighted by molar-refractivity contribution is 7.19. The van der Waals surface area contributed by atoms with E-state index >= 15 is 0 Å². The van der Waals surface area contributed by atoms with Gasteiger partial charge in [-0.1, -0.05) is 42.5 Å². The summed E-state index contributed by atoms with van der Waals surface area (Å²) in [6, 6.07) is 18.3. The van der Waals surface area contributed by atoms with Gasteiger partial charge in [-0.3, -0.25) is 9.59 Å². The summed E-state index contributed by atoms with van der Waals surface area (Å²) in [7, 11) is 1.78. The first-order chi connectivity index (χ1) is 15.5. The quantitative estimate of drug-likeness (QED) is 0.384. The third kappa shape index (κ3) is 3.85. The molecule has 3 aromatic heterocycles. The SMILES string of the molecule is Cc1ccc(-c2csc3nc(CC(=O)N(C)Cc4cccc5ccccc45)[nH]c(=O)c23)s1. The van der Waals surface area contributed by atoms with Crippen molar-refractivity contribution in [3.63, 3.8) is 0 Å². The predicted octanol–water partition coefficient (Wildman–Crippen LogP) is 5.38. The second-order valence-corrected chi connectivity index (χ2v) is 9.96. The number of nitrogens with zero attached hydrogens (tertiary/aromatic N) is 2. The van der Waals surface area contributed by atoms with Crippen LogP contribution in [0, 0.1) is 6.92 Å². The molecule has 0 fully saturated rings. The molecule has 0 saturated heterocycles. The number of thiophene rings is 2. The first-order valence-corrected chi connectivity index (χ1v) is 12.0. The molecule has 0 radical (unpaired) electrons. The molecule has 32 heavy (non-hydrogen) atoms. The molecular formula is C25H21N3O2S2. The Kier molecular flexibility index (Phi) is 5.36. The maximum Gasteiger partial charge on any atom is 0.260 e. The van der Waals surface area contributed by atoms with Crippen molar-refractivity contribution in [1.82, 2.24) is 14.9 Å². The largest absolute Gasteiger partial charge is 0.341 e. The van der Waals surface area contributed by atoms with Gasteiger partial charge in [0.05, 0.1) is 11.8 Å². The van der Waals surface area contributed by atoms with Gasteiger partial charge >= 0.3 is 0 Å². The van der Waals surface area contributed by atoms with E-state index in [0.717, 1.165) is 26.8 Å². The fourth-order valence-corrected chi connectivity index (χ4v) is 5.81. The van der Waals surface area contributed by atoms with Crippen molar-refractivity contribution in [2.24, 2.45) is 0 Å². The number of hydrogen-bond donors (Lipinski definition) is 1. The highest BCUT2D eigenvalue weighted by Gasteiger charge is 2.17. The summed E-state index contributed by atoms with van der Waals surface area (Å²) in [5.41, 5.74) is 1.80. The summed E-state index contributed by atoms with van der Waals surface area (Å²) >= 11 is 3.09. The standard InChI is InChI=1S/C25H21N3O2S2/c1-15-10-11-20(32-15)19-14-31-25-23(19)24(30)26-21(27-25)12-22(29)28(2)13-17-8-5-7-16-6-3-4-9-18(16)17/h3-11,14H,12-13H2,1-2H3,(H,26,27,30). The topological polar surface area (TPSA) is 66.1 Å². The zero-order valence-electron chi connectivity index (χ0n) is 17.7. The molecule has 2 aromatic carbocycles. The number of carbonyl (C=O) groups is 1. The first-order valence-electron chi connectivity index (χ1n) is 10.3. The lowest BCUT2D eigenvalue weighted by atomic mass is 10.0. The summed E-state index contributed by atoms with van der Waals surface area (Å²) < 4.78 is 0. The van der Waals surface area contributed by atoms with Gasteiger partial charge in [0.25, 0.3) is 5.56 Å². The number of rotatable bonds is 5. The number of carbonyl (C=O) groups excluding carboxylic acids is 1. The van der Waals surface area contributed by atoms with Gasteiger partial charge in [0.15, 0.2) is 0 Å². The van der Waals surface area contributed by atoms with Crippen molar-refractivity contribution in [2.75, 3.05) is 7.05 Å². The Bertz CT molecular complexity index is 1510. The first kappa shape index (κ1) is 20.6. The Morgan fingerprint density at radius 2 is 1.91 bits per heavy atom. The molecule has 0 aliphatic carbocycles. The summed E-state index contributed by atoms with van der Waals surface area (Å²) in [6.45, 7) is 2.54. The highest BCUT2D eigenvalue weighted by Crippen LogP contribution is 2.35. The molecule has 5 aromatic rings. The number of H-pyrrole nitrogens is 1. The van der Waals surface area contributed by atoms with E-state index in [9.17, 15) is 9.59 Å². The van der Waals surface area contributed by atoms with Gasteiger partial charge in [-0.25, -0.2) is 4.98 Å². The molecule has 0 bridgehead atoms. The van der Waals surface area contributed by atoms with Crippen LogP contribution in [0.3, 0.4) is 0 Å². The van der Waals surface area contributed by atoms with Gasteiger partial charge < -0.3 is 9.88 Å². The van der Waals surface area contributed by atoms with E-state index < -0.39 is 0 Å². The molecule has 160 valence electrons. The summed E-state index contributed by atoms with van der Waals surface area (Å²) in [6.07, 6.45) is 0.0534. The number of aryl methyl sites for hydroxylation is 1. The van der Waals surface area contributed by atoms with Crippen molar-refractivity contribution in [3.8, 4) is 10.4 Å². The third-order valence-corrected chi connectivity index (χ3v) is 7.44. The van der Waals surface area contributed by atoms with Crippen LogP contribution in [0.25, 0.3) is 31.4 Å². The number of hydrogen-bond acceptors (Lipinski definition) is 5. The van der Waals surface area contributed by atoms with Crippen LogP contribution in [0.1, 0.15) is 16.3 Å². The predicted molar refractivity (Wildman–Crippen MR) is 132 cm³/mol. The number of amides is 1. The van der Waals surface area contributed by atoms with E-state index in [2.05, 4.69) is 28.2 Å². The van der Waals surface area contributed by atoms with Crippen LogP contribution in [-0.2, 0) is 17.8 Å². The zero-order chi connectivity index (χ0) is 22.2. The number of likely N-dealkylation sites (N-methyl/N-ethyl adjacent to an activating group) is 1. The minimum atomic E-state index is -0.197. The van der Waals surface area contributed by atoms with Crippen LogP contribution in [0.15, 0.2) is 64.8 Å². The normalized spacial score (nSPS) is 11.3. The molecule has 0 spiro atoms. The molecule has 5 rings (SSSR count). The Balaban J connectivity index is 1.38. The van der Waals surface area contributed by atoms with Crippen molar-refractivity contribution in [2.45, 2.75) is 19.9 Å². The fraction of sp³-hybridized carbons (Fsp3) is 0.160. The molecule has 0 aliphatic rings. The summed E-state index contributed by atoms with van der Waals surface area (Å²) in [4.78, 5) is 37.8. The van der Waals surface area contributed by atoms with E-state index in [1.54, 1.807) is 23.3 Å².